The van der Waals surface area contributed by atoms with Crippen LogP contribution in [-0.2, 0) is 14.9 Å². The molecule has 0 bridgehead atoms. The monoisotopic (exact) mass is 386 g/mol. The molecule has 1 aliphatic carbocycles. The minimum atomic E-state index is -0.250. The van der Waals surface area contributed by atoms with Crippen LogP contribution in [0.1, 0.15) is 56.2 Å². The lowest BCUT2D eigenvalue weighted by atomic mass is 9.71. The third kappa shape index (κ3) is 4.76. The van der Waals surface area contributed by atoms with Crippen LogP contribution in [0.25, 0.3) is 0 Å². The van der Waals surface area contributed by atoms with E-state index in [1.54, 1.807) is 11.3 Å². The highest BCUT2D eigenvalue weighted by Gasteiger charge is 2.44. The number of halogens is 1. The highest BCUT2D eigenvalue weighted by Crippen LogP contribution is 2.43. The number of piperidine rings is 1. The Bertz CT molecular complexity index is 510. The lowest BCUT2D eigenvalue weighted by Gasteiger charge is -2.41. The number of carbonyl (C=O) groups excluding carboxylic acids is 1. The zero-order chi connectivity index (χ0) is 16.8. The number of hydrogen-bond donors (Lipinski definition) is 1. The van der Waals surface area contributed by atoms with Crippen molar-refractivity contribution >= 4 is 29.7 Å². The average Bonchev–Trinajstić information content (AvgIpc) is 3.18. The maximum atomic E-state index is 13.4. The molecule has 0 spiro atoms. The molecule has 1 saturated carbocycles. The number of ether oxygens (including phenoxy) is 1. The van der Waals surface area contributed by atoms with Crippen molar-refractivity contribution in [1.29, 1.82) is 0 Å². The van der Waals surface area contributed by atoms with Gasteiger partial charge in [0.25, 0.3) is 0 Å². The van der Waals surface area contributed by atoms with Crippen LogP contribution >= 0.6 is 23.7 Å². The molecule has 2 N–H and O–H groups in total. The van der Waals surface area contributed by atoms with Gasteiger partial charge in [0.05, 0.1) is 11.5 Å². The predicted octanol–water partition coefficient (Wildman–Crippen LogP) is 3.73. The Balaban J connectivity index is 0.00000225. The van der Waals surface area contributed by atoms with Crippen molar-refractivity contribution < 1.29 is 9.53 Å². The number of likely N-dealkylation sites (tertiary alicyclic amines) is 1. The van der Waals surface area contributed by atoms with Gasteiger partial charge in [-0.3, -0.25) is 4.79 Å². The molecule has 1 aromatic rings. The van der Waals surface area contributed by atoms with Gasteiger partial charge in [-0.15, -0.1) is 23.7 Å². The van der Waals surface area contributed by atoms with E-state index >= 15 is 0 Å². The molecule has 142 valence electrons. The van der Waals surface area contributed by atoms with Crippen molar-refractivity contribution in [3.63, 3.8) is 0 Å². The standard InChI is InChI=1S/C19H30N2O2S.ClH/c20-11-5-14-23-16-7-12-21(13-8-16)18(22)19(9-2-1-3-10-19)17-6-4-15-24-17;/h4,6,15-16H,1-3,5,7-14,20H2;1H. The van der Waals surface area contributed by atoms with Crippen LogP contribution in [0.15, 0.2) is 17.5 Å². The van der Waals surface area contributed by atoms with Gasteiger partial charge in [0.15, 0.2) is 0 Å². The molecule has 0 unspecified atom stereocenters. The maximum Gasteiger partial charge on any atom is 0.234 e. The van der Waals surface area contributed by atoms with Crippen LogP contribution in [0.3, 0.4) is 0 Å². The van der Waals surface area contributed by atoms with E-state index in [1.807, 2.05) is 0 Å². The molecule has 0 atom stereocenters. The number of amides is 1. The summed E-state index contributed by atoms with van der Waals surface area (Å²) in [6.45, 7) is 3.09. The number of thiophene rings is 1. The van der Waals surface area contributed by atoms with Crippen LogP contribution in [0.2, 0.25) is 0 Å². The summed E-state index contributed by atoms with van der Waals surface area (Å²) in [6, 6.07) is 4.25. The van der Waals surface area contributed by atoms with E-state index in [1.165, 1.54) is 24.1 Å². The Hall–Kier alpha value is -0.620. The van der Waals surface area contributed by atoms with Crippen LogP contribution < -0.4 is 5.73 Å². The number of carbonyl (C=O) groups is 1. The van der Waals surface area contributed by atoms with Gasteiger partial charge in [0.1, 0.15) is 0 Å². The van der Waals surface area contributed by atoms with Gasteiger partial charge in [0, 0.05) is 24.6 Å². The Morgan fingerprint density at radius 3 is 2.60 bits per heavy atom. The summed E-state index contributed by atoms with van der Waals surface area (Å²) in [4.78, 5) is 16.8. The topological polar surface area (TPSA) is 55.6 Å². The Morgan fingerprint density at radius 1 is 1.28 bits per heavy atom. The van der Waals surface area contributed by atoms with Gasteiger partial charge in [-0.25, -0.2) is 0 Å². The molecule has 2 aliphatic rings. The maximum absolute atomic E-state index is 13.4. The molecule has 1 aliphatic heterocycles. The summed E-state index contributed by atoms with van der Waals surface area (Å²) >= 11 is 1.75. The highest BCUT2D eigenvalue weighted by molar-refractivity contribution is 7.10. The minimum Gasteiger partial charge on any atom is -0.378 e. The molecule has 0 radical (unpaired) electrons. The predicted molar refractivity (Wildman–Crippen MR) is 106 cm³/mol. The van der Waals surface area contributed by atoms with Crippen LogP contribution in [0.5, 0.6) is 0 Å². The lowest BCUT2D eigenvalue weighted by Crippen LogP contribution is -2.51. The van der Waals surface area contributed by atoms with Crippen molar-refractivity contribution in [1.82, 2.24) is 4.90 Å². The van der Waals surface area contributed by atoms with Crippen molar-refractivity contribution in [2.75, 3.05) is 26.2 Å². The van der Waals surface area contributed by atoms with Crippen LogP contribution in [0.4, 0.5) is 0 Å². The van der Waals surface area contributed by atoms with Gasteiger partial charge in [-0.05, 0) is 50.1 Å². The Morgan fingerprint density at radius 2 is 2.00 bits per heavy atom. The number of hydrogen-bond acceptors (Lipinski definition) is 4. The number of nitrogens with two attached hydrogens (primary N) is 1. The molecule has 25 heavy (non-hydrogen) atoms. The molecule has 1 aromatic heterocycles. The van der Waals surface area contributed by atoms with E-state index in [2.05, 4.69) is 22.4 Å². The molecule has 6 heteroatoms. The normalized spacial score (nSPS) is 20.9. The van der Waals surface area contributed by atoms with E-state index in [0.29, 0.717) is 18.6 Å². The van der Waals surface area contributed by atoms with E-state index in [9.17, 15) is 4.79 Å². The quantitative estimate of drug-likeness (QED) is 0.758. The first-order chi connectivity index (χ1) is 11.8. The summed E-state index contributed by atoms with van der Waals surface area (Å²) in [5.41, 5.74) is 5.27. The average molecular weight is 387 g/mol. The summed E-state index contributed by atoms with van der Waals surface area (Å²) in [6.07, 6.45) is 8.75. The Labute approximate surface area is 161 Å². The molecular formula is C19H31ClN2O2S. The fourth-order valence-electron chi connectivity index (χ4n) is 4.13. The van der Waals surface area contributed by atoms with Crippen LogP contribution in [-0.4, -0.2) is 43.2 Å². The summed E-state index contributed by atoms with van der Waals surface area (Å²) < 4.78 is 5.88. The van der Waals surface area contributed by atoms with Gasteiger partial charge in [0.2, 0.25) is 5.91 Å². The number of rotatable bonds is 6. The second-order valence-electron chi connectivity index (χ2n) is 7.12. The third-order valence-corrected chi connectivity index (χ3v) is 6.61. The van der Waals surface area contributed by atoms with Gasteiger partial charge in [-0.1, -0.05) is 25.3 Å². The molecule has 1 amide bonds. The zero-order valence-corrected chi connectivity index (χ0v) is 16.6. The van der Waals surface area contributed by atoms with E-state index in [4.69, 9.17) is 10.5 Å². The van der Waals surface area contributed by atoms with Crippen LogP contribution in [0, 0.1) is 0 Å². The zero-order valence-electron chi connectivity index (χ0n) is 15.0. The first-order valence-electron chi connectivity index (χ1n) is 9.41. The largest absolute Gasteiger partial charge is 0.378 e. The van der Waals surface area contributed by atoms with E-state index in [0.717, 1.165) is 51.8 Å². The SMILES string of the molecule is Cl.NCCCOC1CCN(C(=O)C2(c3cccs3)CCCCC2)CC1. The molecular weight excluding hydrogens is 356 g/mol. The third-order valence-electron chi connectivity index (χ3n) is 5.54. The summed E-state index contributed by atoms with van der Waals surface area (Å²) in [7, 11) is 0. The van der Waals surface area contributed by atoms with Crippen molar-refractivity contribution in [3.05, 3.63) is 22.4 Å². The van der Waals surface area contributed by atoms with Gasteiger partial charge in [-0.2, -0.15) is 0 Å². The second kappa shape index (κ2) is 9.91. The van der Waals surface area contributed by atoms with Crippen molar-refractivity contribution in [3.8, 4) is 0 Å². The van der Waals surface area contributed by atoms with Gasteiger partial charge < -0.3 is 15.4 Å². The fourth-order valence-corrected chi connectivity index (χ4v) is 5.11. The number of nitrogens with zero attached hydrogens (tertiary/aromatic N) is 1. The minimum absolute atomic E-state index is 0. The van der Waals surface area contributed by atoms with Crippen molar-refractivity contribution in [2.24, 2.45) is 5.73 Å². The molecule has 2 heterocycles. The highest BCUT2D eigenvalue weighted by atomic mass is 35.5. The molecule has 4 nitrogen and oxygen atoms in total. The molecule has 0 aromatic carbocycles. The van der Waals surface area contributed by atoms with E-state index in [-0.39, 0.29) is 17.8 Å². The molecule has 2 fully saturated rings. The van der Waals surface area contributed by atoms with Crippen molar-refractivity contribution in [2.45, 2.75) is 62.9 Å². The first kappa shape index (κ1) is 20.7. The lowest BCUT2D eigenvalue weighted by molar-refractivity contribution is -0.141. The first-order valence-corrected chi connectivity index (χ1v) is 10.3. The summed E-state index contributed by atoms with van der Waals surface area (Å²) in [5.74, 6) is 0.366. The molecule has 1 saturated heterocycles. The molecule has 3 rings (SSSR count). The summed E-state index contributed by atoms with van der Waals surface area (Å²) in [5, 5.41) is 2.11. The van der Waals surface area contributed by atoms with Gasteiger partial charge >= 0.3 is 0 Å². The smallest absolute Gasteiger partial charge is 0.234 e. The fraction of sp³-hybridized carbons (Fsp3) is 0.737. The Kier molecular flexibility index (Phi) is 8.20. The second-order valence-corrected chi connectivity index (χ2v) is 8.07. The van der Waals surface area contributed by atoms with E-state index < -0.39 is 0 Å².